The maximum Gasteiger partial charge on any atom is 0.416 e. The number of aliphatic hydroxyl groups is 1. The van der Waals surface area contributed by atoms with Crippen LogP contribution in [0.15, 0.2) is 24.3 Å². The lowest BCUT2D eigenvalue weighted by Gasteiger charge is -2.37. The number of alkyl halides is 3. The van der Waals surface area contributed by atoms with E-state index < -0.39 is 25.2 Å². The zero-order valence-electron chi connectivity index (χ0n) is 11.1. The molecule has 0 aliphatic carbocycles. The Morgan fingerprint density at radius 3 is 2.26 bits per heavy atom. The molecule has 1 atom stereocenters. The van der Waals surface area contributed by atoms with Gasteiger partial charge >= 0.3 is 6.18 Å². The summed E-state index contributed by atoms with van der Waals surface area (Å²) in [6.07, 6.45) is -4.45. The normalized spacial score (nSPS) is 16.0. The average Bonchev–Trinajstić information content (AvgIpc) is 2.26. The van der Waals surface area contributed by atoms with Crippen molar-refractivity contribution in [1.82, 2.24) is 0 Å². The van der Waals surface area contributed by atoms with Gasteiger partial charge in [-0.15, -0.1) is 0 Å². The molecule has 0 bridgehead atoms. The van der Waals surface area contributed by atoms with Crippen molar-refractivity contribution in [2.45, 2.75) is 31.2 Å². The van der Waals surface area contributed by atoms with E-state index in [1.54, 1.807) is 0 Å². The highest BCUT2D eigenvalue weighted by Crippen LogP contribution is 2.33. The van der Waals surface area contributed by atoms with Gasteiger partial charge in [0.1, 0.15) is 13.8 Å². The first-order valence-corrected chi connectivity index (χ1v) is 9.28. The molecule has 0 unspecified atom stereocenters. The fraction of sp³-hybridized carbons (Fsp3) is 0.500. The van der Waals surface area contributed by atoms with E-state index in [0.29, 0.717) is 0 Å². The first-order valence-electron chi connectivity index (χ1n) is 5.78. The number of ether oxygens (including phenoxy) is 1. The first-order chi connectivity index (χ1) is 8.49. The minimum absolute atomic E-state index is 0.0369. The third-order valence-electron chi connectivity index (χ3n) is 2.90. The van der Waals surface area contributed by atoms with Crippen molar-refractivity contribution >= 4 is 8.07 Å². The molecule has 7 heteroatoms. The van der Waals surface area contributed by atoms with Crippen LogP contribution in [0, 0.1) is 0 Å². The van der Waals surface area contributed by atoms with E-state index >= 15 is 0 Å². The fourth-order valence-electron chi connectivity index (χ4n) is 1.43. The maximum atomic E-state index is 12.6. The van der Waals surface area contributed by atoms with Crippen molar-refractivity contribution in [3.63, 3.8) is 0 Å². The largest absolute Gasteiger partial charge is 0.465 e. The van der Waals surface area contributed by atoms with Crippen molar-refractivity contribution in [2.24, 2.45) is 5.73 Å². The smallest absolute Gasteiger partial charge is 0.416 e. The van der Waals surface area contributed by atoms with Crippen LogP contribution in [-0.4, -0.2) is 25.1 Å². The van der Waals surface area contributed by atoms with Gasteiger partial charge in [0.2, 0.25) is 0 Å². The van der Waals surface area contributed by atoms with E-state index in [9.17, 15) is 18.3 Å². The Balaban J connectivity index is 3.06. The molecule has 0 saturated heterocycles. The highest BCUT2D eigenvalue weighted by molar-refractivity contribution is 6.78. The standard InChI is InChI=1S/C12H18F3NO2Si/c1-19(2,3)11(17,8-16)18-10-6-4-5-9(7-10)12(13,14)15/h4-7,17H,8,16H2,1-3H3/t11-/m1/s1. The summed E-state index contributed by atoms with van der Waals surface area (Å²) in [6.45, 7) is 5.31. The van der Waals surface area contributed by atoms with Crippen molar-refractivity contribution in [2.75, 3.05) is 6.54 Å². The van der Waals surface area contributed by atoms with Crippen molar-refractivity contribution in [3.8, 4) is 5.75 Å². The second kappa shape index (κ2) is 5.14. The average molecular weight is 293 g/mol. The molecule has 0 aromatic heterocycles. The van der Waals surface area contributed by atoms with Crippen molar-refractivity contribution in [3.05, 3.63) is 29.8 Å². The van der Waals surface area contributed by atoms with E-state index in [1.807, 2.05) is 19.6 Å². The summed E-state index contributed by atoms with van der Waals surface area (Å²) in [5.41, 5.74) is 3.08. The Hall–Kier alpha value is -1.05. The van der Waals surface area contributed by atoms with E-state index in [0.717, 1.165) is 12.1 Å². The third kappa shape index (κ3) is 3.71. The van der Waals surface area contributed by atoms with Gasteiger partial charge in [0.05, 0.1) is 12.1 Å². The SMILES string of the molecule is C[Si](C)(C)[C@@](O)(CN)Oc1cccc(C(F)(F)F)c1. The van der Waals surface area contributed by atoms with Gasteiger partial charge in [-0.25, -0.2) is 0 Å². The Bertz CT molecular complexity index is 445. The number of halogens is 3. The van der Waals surface area contributed by atoms with Crippen LogP contribution in [0.4, 0.5) is 13.2 Å². The fourth-order valence-corrected chi connectivity index (χ4v) is 2.47. The summed E-state index contributed by atoms with van der Waals surface area (Å²) in [6, 6.07) is 4.42. The van der Waals surface area contributed by atoms with Crippen LogP contribution in [0.5, 0.6) is 5.75 Å². The number of hydrogen-bond donors (Lipinski definition) is 2. The number of benzene rings is 1. The lowest BCUT2D eigenvalue weighted by molar-refractivity contribution is -0.138. The van der Waals surface area contributed by atoms with Crippen molar-refractivity contribution in [1.29, 1.82) is 0 Å². The molecule has 0 heterocycles. The molecule has 1 aromatic carbocycles. The molecule has 19 heavy (non-hydrogen) atoms. The van der Waals surface area contributed by atoms with Gasteiger partial charge in [0.25, 0.3) is 0 Å². The summed E-state index contributed by atoms with van der Waals surface area (Å²) in [5.74, 6) is -0.0369. The molecule has 0 aliphatic heterocycles. The molecule has 3 nitrogen and oxygen atoms in total. The Morgan fingerprint density at radius 2 is 1.84 bits per heavy atom. The van der Waals surface area contributed by atoms with Crippen LogP contribution in [-0.2, 0) is 6.18 Å². The molecule has 0 saturated carbocycles. The topological polar surface area (TPSA) is 55.5 Å². The van der Waals surface area contributed by atoms with E-state index in [1.165, 1.54) is 12.1 Å². The van der Waals surface area contributed by atoms with E-state index in [-0.39, 0.29) is 12.3 Å². The van der Waals surface area contributed by atoms with Crippen molar-refractivity contribution < 1.29 is 23.0 Å². The second-order valence-electron chi connectivity index (χ2n) is 5.37. The third-order valence-corrected chi connectivity index (χ3v) is 5.55. The molecule has 108 valence electrons. The predicted molar refractivity (Wildman–Crippen MR) is 69.4 cm³/mol. The van der Waals surface area contributed by atoms with Crippen LogP contribution >= 0.6 is 0 Å². The number of rotatable bonds is 4. The van der Waals surface area contributed by atoms with Crippen LogP contribution in [0.2, 0.25) is 19.6 Å². The Morgan fingerprint density at radius 1 is 1.26 bits per heavy atom. The molecule has 0 amide bonds. The maximum absolute atomic E-state index is 12.6. The molecule has 0 spiro atoms. The molecule has 0 fully saturated rings. The zero-order valence-corrected chi connectivity index (χ0v) is 12.1. The second-order valence-corrected chi connectivity index (χ2v) is 10.6. The summed E-state index contributed by atoms with van der Waals surface area (Å²) in [7, 11) is -2.23. The molecule has 0 radical (unpaired) electrons. The number of nitrogens with two attached hydrogens (primary N) is 1. The molecule has 1 aromatic rings. The minimum atomic E-state index is -4.45. The molecular formula is C12H18F3NO2Si. The van der Waals surface area contributed by atoms with Gasteiger partial charge in [-0.05, 0) is 18.2 Å². The van der Waals surface area contributed by atoms with Gasteiger partial charge in [-0.2, -0.15) is 13.2 Å². The quantitative estimate of drug-likeness (QED) is 0.663. The summed E-state index contributed by atoms with van der Waals surface area (Å²) >= 11 is 0. The van der Waals surface area contributed by atoms with Crippen LogP contribution in [0.25, 0.3) is 0 Å². The van der Waals surface area contributed by atoms with Gasteiger partial charge in [0, 0.05) is 0 Å². The van der Waals surface area contributed by atoms with Crippen LogP contribution < -0.4 is 10.5 Å². The van der Waals surface area contributed by atoms with Crippen LogP contribution in [0.1, 0.15) is 5.56 Å². The zero-order chi connectivity index (χ0) is 14.9. The van der Waals surface area contributed by atoms with Crippen LogP contribution in [0.3, 0.4) is 0 Å². The molecular weight excluding hydrogens is 275 g/mol. The highest BCUT2D eigenvalue weighted by atomic mass is 28.3. The Labute approximate surface area is 111 Å². The van der Waals surface area contributed by atoms with E-state index in [2.05, 4.69) is 0 Å². The summed E-state index contributed by atoms with van der Waals surface area (Å²) < 4.78 is 43.1. The molecule has 0 aliphatic rings. The summed E-state index contributed by atoms with van der Waals surface area (Å²) in [4.78, 5) is 0. The summed E-state index contributed by atoms with van der Waals surface area (Å²) in [5, 5.41) is 10.3. The predicted octanol–water partition coefficient (Wildman–Crippen LogP) is 2.61. The first kappa shape index (κ1) is 16.0. The minimum Gasteiger partial charge on any atom is -0.465 e. The van der Waals surface area contributed by atoms with Gasteiger partial charge < -0.3 is 15.6 Å². The highest BCUT2D eigenvalue weighted by Gasteiger charge is 2.43. The Kier molecular flexibility index (Phi) is 4.33. The van der Waals surface area contributed by atoms with Gasteiger partial charge in [0.15, 0.2) is 5.41 Å². The van der Waals surface area contributed by atoms with Gasteiger partial charge in [-0.3, -0.25) is 0 Å². The molecule has 1 rings (SSSR count). The lowest BCUT2D eigenvalue weighted by atomic mass is 10.2. The number of hydrogen-bond acceptors (Lipinski definition) is 3. The molecule has 3 N–H and O–H groups in total. The monoisotopic (exact) mass is 293 g/mol. The van der Waals surface area contributed by atoms with E-state index in [4.69, 9.17) is 10.5 Å². The lowest BCUT2D eigenvalue weighted by Crippen LogP contribution is -2.61. The van der Waals surface area contributed by atoms with Gasteiger partial charge in [-0.1, -0.05) is 25.7 Å².